The Bertz CT molecular complexity index is 953. The first-order chi connectivity index (χ1) is 10.3. The maximum Gasteiger partial charge on any atom is 0.309 e. The van der Waals surface area contributed by atoms with Gasteiger partial charge in [-0.15, -0.1) is 11.3 Å². The number of imidazole rings is 1. The number of fused-ring (bicyclic) bond motifs is 1. The van der Waals surface area contributed by atoms with Gasteiger partial charge < -0.3 is 5.11 Å². The van der Waals surface area contributed by atoms with Crippen LogP contribution in [-0.4, -0.2) is 35.1 Å². The van der Waals surface area contributed by atoms with Gasteiger partial charge in [0.05, 0.1) is 17.0 Å². The Hall–Kier alpha value is -2.19. The fourth-order valence-electron chi connectivity index (χ4n) is 2.12. The molecule has 0 aliphatic heterocycles. The molecule has 6 nitrogen and oxygen atoms in total. The number of carboxylic acid groups (broad SMARTS) is 1. The molecule has 8 heteroatoms. The molecule has 0 spiro atoms. The van der Waals surface area contributed by atoms with Crippen LogP contribution in [0.3, 0.4) is 0 Å². The maximum atomic E-state index is 11.5. The lowest BCUT2D eigenvalue weighted by Crippen LogP contribution is -2.02. The van der Waals surface area contributed by atoms with Crippen LogP contribution in [-0.2, 0) is 21.1 Å². The van der Waals surface area contributed by atoms with Gasteiger partial charge in [-0.05, 0) is 12.1 Å². The van der Waals surface area contributed by atoms with E-state index in [1.165, 1.54) is 23.5 Å². The van der Waals surface area contributed by atoms with Crippen LogP contribution >= 0.6 is 11.3 Å². The topological polar surface area (TPSA) is 88.7 Å². The van der Waals surface area contributed by atoms with E-state index in [0.29, 0.717) is 16.3 Å². The van der Waals surface area contributed by atoms with Crippen molar-refractivity contribution in [1.29, 1.82) is 0 Å². The van der Waals surface area contributed by atoms with Gasteiger partial charge in [-0.2, -0.15) is 0 Å². The Morgan fingerprint density at radius 1 is 1.32 bits per heavy atom. The molecule has 0 fully saturated rings. The summed E-state index contributed by atoms with van der Waals surface area (Å²) in [5.74, 6) is -0.896. The average molecular weight is 336 g/mol. The Kier molecular flexibility index (Phi) is 3.50. The van der Waals surface area contributed by atoms with Crippen molar-refractivity contribution < 1.29 is 18.3 Å². The number of aliphatic carboxylic acids is 1. The highest BCUT2D eigenvalue weighted by molar-refractivity contribution is 7.90. The van der Waals surface area contributed by atoms with Crippen LogP contribution in [0.15, 0.2) is 40.7 Å². The summed E-state index contributed by atoms with van der Waals surface area (Å²) in [4.78, 5) is 16.2. The van der Waals surface area contributed by atoms with Crippen LogP contribution in [0.25, 0.3) is 16.2 Å². The molecule has 0 atom stereocenters. The van der Waals surface area contributed by atoms with E-state index in [4.69, 9.17) is 5.11 Å². The molecular weight excluding hydrogens is 324 g/mol. The van der Waals surface area contributed by atoms with E-state index < -0.39 is 15.8 Å². The minimum Gasteiger partial charge on any atom is -0.481 e. The molecule has 0 unspecified atom stereocenters. The molecule has 0 aliphatic rings. The van der Waals surface area contributed by atoms with Gasteiger partial charge in [-0.3, -0.25) is 9.20 Å². The second-order valence-electron chi connectivity index (χ2n) is 4.87. The highest BCUT2D eigenvalue weighted by Gasteiger charge is 2.13. The van der Waals surface area contributed by atoms with E-state index in [-0.39, 0.29) is 11.3 Å². The van der Waals surface area contributed by atoms with E-state index in [2.05, 4.69) is 4.98 Å². The van der Waals surface area contributed by atoms with Gasteiger partial charge >= 0.3 is 5.97 Å². The quantitative estimate of drug-likeness (QED) is 0.788. The van der Waals surface area contributed by atoms with E-state index in [1.807, 2.05) is 0 Å². The highest BCUT2D eigenvalue weighted by Crippen LogP contribution is 2.25. The van der Waals surface area contributed by atoms with Gasteiger partial charge in [0.15, 0.2) is 14.8 Å². The van der Waals surface area contributed by atoms with Crippen LogP contribution in [0.1, 0.15) is 5.69 Å². The number of benzene rings is 1. The first kappa shape index (κ1) is 14.7. The maximum absolute atomic E-state index is 11.5. The molecule has 0 aliphatic carbocycles. The second-order valence-corrected chi connectivity index (χ2v) is 7.73. The third-order valence-corrected chi connectivity index (χ3v) is 5.21. The summed E-state index contributed by atoms with van der Waals surface area (Å²) in [6, 6.07) is 6.46. The summed E-state index contributed by atoms with van der Waals surface area (Å²) in [6.45, 7) is 0. The van der Waals surface area contributed by atoms with Crippen molar-refractivity contribution in [2.75, 3.05) is 6.26 Å². The molecule has 0 radical (unpaired) electrons. The second kappa shape index (κ2) is 5.22. The fourth-order valence-corrected chi connectivity index (χ4v) is 3.63. The first-order valence-electron chi connectivity index (χ1n) is 6.32. The molecule has 0 amide bonds. The lowest BCUT2D eigenvalue weighted by atomic mass is 10.2. The van der Waals surface area contributed by atoms with Crippen molar-refractivity contribution in [2.45, 2.75) is 11.3 Å². The molecule has 0 saturated heterocycles. The van der Waals surface area contributed by atoms with E-state index in [9.17, 15) is 13.2 Å². The predicted octanol–water partition coefficient (Wildman–Crippen LogP) is 2.09. The van der Waals surface area contributed by atoms with Crippen molar-refractivity contribution in [2.24, 2.45) is 0 Å². The third kappa shape index (κ3) is 2.75. The van der Waals surface area contributed by atoms with Gasteiger partial charge in [0.25, 0.3) is 0 Å². The molecule has 22 heavy (non-hydrogen) atoms. The lowest BCUT2D eigenvalue weighted by Gasteiger charge is -2.00. The molecule has 3 rings (SSSR count). The smallest absolute Gasteiger partial charge is 0.309 e. The molecule has 1 aromatic carbocycles. The number of carbonyl (C=O) groups is 1. The largest absolute Gasteiger partial charge is 0.481 e. The van der Waals surface area contributed by atoms with Crippen LogP contribution in [0.2, 0.25) is 0 Å². The minimum absolute atomic E-state index is 0.0667. The van der Waals surface area contributed by atoms with Crippen molar-refractivity contribution in [3.63, 3.8) is 0 Å². The van der Waals surface area contributed by atoms with Crippen LogP contribution in [0.4, 0.5) is 0 Å². The summed E-state index contributed by atoms with van der Waals surface area (Å²) < 4.78 is 24.7. The highest BCUT2D eigenvalue weighted by atomic mass is 32.2. The lowest BCUT2D eigenvalue weighted by molar-refractivity contribution is -0.136. The van der Waals surface area contributed by atoms with E-state index in [0.717, 1.165) is 11.8 Å². The third-order valence-electron chi connectivity index (χ3n) is 3.19. The standard InChI is InChI=1S/C14H12N2O4S2/c1-22(19,20)11-4-2-9(3-5-11)12-7-16-10(6-13(17)18)8-21-14(16)15-12/h2-5,7-8H,6H2,1H3,(H,17,18). The summed E-state index contributed by atoms with van der Waals surface area (Å²) in [5, 5.41) is 10.7. The Morgan fingerprint density at radius 3 is 2.59 bits per heavy atom. The molecule has 2 heterocycles. The number of hydrogen-bond acceptors (Lipinski definition) is 5. The molecule has 3 aromatic rings. The van der Waals surface area contributed by atoms with Crippen molar-refractivity contribution >= 4 is 32.1 Å². The molecule has 2 aromatic heterocycles. The number of hydrogen-bond donors (Lipinski definition) is 1. The zero-order valence-electron chi connectivity index (χ0n) is 11.6. The van der Waals surface area contributed by atoms with Crippen LogP contribution in [0, 0.1) is 0 Å². The van der Waals surface area contributed by atoms with Gasteiger partial charge in [0.2, 0.25) is 0 Å². The average Bonchev–Trinajstić information content (AvgIpc) is 3.00. The number of nitrogens with zero attached hydrogens (tertiary/aromatic N) is 2. The Labute approximate surface area is 130 Å². The van der Waals surface area contributed by atoms with E-state index >= 15 is 0 Å². The number of thiazole rings is 1. The number of aromatic nitrogens is 2. The molecule has 0 saturated carbocycles. The number of sulfone groups is 1. The van der Waals surface area contributed by atoms with Crippen LogP contribution in [0.5, 0.6) is 0 Å². The fraction of sp³-hybridized carbons (Fsp3) is 0.143. The van der Waals surface area contributed by atoms with E-state index in [1.54, 1.807) is 28.1 Å². The predicted molar refractivity (Wildman–Crippen MR) is 83.0 cm³/mol. The monoisotopic (exact) mass is 336 g/mol. The van der Waals surface area contributed by atoms with Crippen molar-refractivity contribution in [3.05, 3.63) is 41.5 Å². The number of rotatable bonds is 4. The van der Waals surface area contributed by atoms with Gasteiger partial charge in [-0.1, -0.05) is 12.1 Å². The molecule has 114 valence electrons. The van der Waals surface area contributed by atoms with Gasteiger partial charge in [0, 0.05) is 29.1 Å². The minimum atomic E-state index is -3.22. The summed E-state index contributed by atoms with van der Waals surface area (Å²) in [5.41, 5.74) is 2.13. The van der Waals surface area contributed by atoms with Gasteiger partial charge in [-0.25, -0.2) is 13.4 Å². The Balaban J connectivity index is 2.00. The zero-order chi connectivity index (χ0) is 15.9. The normalized spacial score (nSPS) is 11.9. The van der Waals surface area contributed by atoms with Crippen LogP contribution < -0.4 is 0 Å². The van der Waals surface area contributed by atoms with Crippen molar-refractivity contribution in [1.82, 2.24) is 9.38 Å². The zero-order valence-corrected chi connectivity index (χ0v) is 13.2. The summed E-state index contributed by atoms with van der Waals surface area (Å²) in [7, 11) is -3.22. The molecular formula is C14H12N2O4S2. The molecule has 0 bridgehead atoms. The summed E-state index contributed by atoms with van der Waals surface area (Å²) in [6.07, 6.45) is 2.86. The first-order valence-corrected chi connectivity index (χ1v) is 9.09. The van der Waals surface area contributed by atoms with Crippen molar-refractivity contribution in [3.8, 4) is 11.3 Å². The van der Waals surface area contributed by atoms with Gasteiger partial charge in [0.1, 0.15) is 0 Å². The number of carboxylic acids is 1. The Morgan fingerprint density at radius 2 is 2.00 bits per heavy atom. The molecule has 1 N–H and O–H groups in total. The summed E-state index contributed by atoms with van der Waals surface area (Å²) >= 11 is 1.37. The SMILES string of the molecule is CS(=O)(=O)c1ccc(-c2cn3c(CC(=O)O)csc3n2)cc1.